The monoisotopic (exact) mass is 488 g/mol. The van der Waals surface area contributed by atoms with Crippen LogP contribution in [0.5, 0.6) is 0 Å². The smallest absolute Gasteiger partial charge is 0.411 e. The van der Waals surface area contributed by atoms with Crippen molar-refractivity contribution in [1.82, 2.24) is 0 Å². The molecular weight excluding hydrogens is 449 g/mol. The molecule has 31 heavy (non-hydrogen) atoms. The first kappa shape index (κ1) is 25.2. The summed E-state index contributed by atoms with van der Waals surface area (Å²) in [6, 6.07) is 9.68. The van der Waals surface area contributed by atoms with E-state index in [0.29, 0.717) is 5.41 Å². The van der Waals surface area contributed by atoms with Crippen LogP contribution in [0.3, 0.4) is 0 Å². The van der Waals surface area contributed by atoms with Gasteiger partial charge in [0.1, 0.15) is 0 Å². The van der Waals surface area contributed by atoms with Crippen molar-refractivity contribution in [3.8, 4) is 12.3 Å². The average molecular weight is 489 g/mol. The van der Waals surface area contributed by atoms with Crippen molar-refractivity contribution in [3.63, 3.8) is 0 Å². The van der Waals surface area contributed by atoms with Crippen LogP contribution in [-0.4, -0.2) is 35.2 Å². The zero-order valence-corrected chi connectivity index (χ0v) is 24.7. The van der Waals surface area contributed by atoms with Gasteiger partial charge in [0, 0.05) is 5.56 Å². The standard InChI is InChI=1S/C24H40O3Si4/c1-10-19-11-15-22(16-12-19)31(9,26-28-25-30(7,8)27-29(4,5)6)18-20-13-14-21-17-23(20)24(21,2)3/h1,11-12,15-16,20-21,23H,13-14,17-18H2,2-9H3. The fourth-order valence-corrected chi connectivity index (χ4v) is 17.7. The molecule has 1 aromatic rings. The van der Waals surface area contributed by atoms with Crippen LogP contribution in [0.15, 0.2) is 24.3 Å². The Morgan fingerprint density at radius 3 is 2.19 bits per heavy atom. The number of benzene rings is 1. The summed E-state index contributed by atoms with van der Waals surface area (Å²) in [4.78, 5) is 0. The molecule has 0 saturated heterocycles. The van der Waals surface area contributed by atoms with E-state index >= 15 is 0 Å². The molecule has 3 nitrogen and oxygen atoms in total. The highest BCUT2D eigenvalue weighted by Crippen LogP contribution is 2.62. The van der Waals surface area contributed by atoms with Gasteiger partial charge in [-0.2, -0.15) is 0 Å². The zero-order chi connectivity index (χ0) is 23.1. The SMILES string of the molecule is C#Cc1ccc([Si](C)(CC2CCC3CC2C3(C)C)O[Si]O[Si](C)(C)O[Si](C)(C)C)cc1. The summed E-state index contributed by atoms with van der Waals surface area (Å²) in [5.74, 6) is 5.24. The van der Waals surface area contributed by atoms with Gasteiger partial charge in [-0.25, -0.2) is 0 Å². The van der Waals surface area contributed by atoms with E-state index in [9.17, 15) is 0 Å². The lowest BCUT2D eigenvalue weighted by molar-refractivity contribution is -0.0994. The molecule has 4 unspecified atom stereocenters. The fraction of sp³-hybridized carbons (Fsp3) is 0.667. The molecule has 3 fully saturated rings. The minimum Gasteiger partial charge on any atom is -0.437 e. The van der Waals surface area contributed by atoms with Gasteiger partial charge in [-0.15, -0.1) is 6.42 Å². The van der Waals surface area contributed by atoms with Crippen molar-refractivity contribution in [2.75, 3.05) is 0 Å². The number of hydrogen-bond acceptors (Lipinski definition) is 3. The Bertz CT molecular complexity index is 808. The molecule has 4 rings (SSSR count). The van der Waals surface area contributed by atoms with Crippen LogP contribution in [-0.2, 0) is 12.3 Å². The molecule has 2 bridgehead atoms. The molecule has 0 aromatic heterocycles. The minimum atomic E-state index is -2.19. The Balaban J connectivity index is 1.75. The maximum absolute atomic E-state index is 6.74. The lowest BCUT2D eigenvalue weighted by Gasteiger charge is -2.61. The van der Waals surface area contributed by atoms with Crippen LogP contribution in [0.2, 0.25) is 45.3 Å². The molecule has 0 heterocycles. The maximum atomic E-state index is 6.74. The molecule has 0 aliphatic heterocycles. The van der Waals surface area contributed by atoms with Gasteiger partial charge in [0.15, 0.2) is 8.32 Å². The average Bonchev–Trinajstić information content (AvgIpc) is 2.65. The molecule has 0 amide bonds. The number of rotatable bonds is 9. The van der Waals surface area contributed by atoms with Gasteiger partial charge < -0.3 is 12.3 Å². The zero-order valence-electron chi connectivity index (χ0n) is 20.7. The van der Waals surface area contributed by atoms with E-state index < -0.39 is 25.2 Å². The van der Waals surface area contributed by atoms with Gasteiger partial charge >= 0.3 is 18.6 Å². The third kappa shape index (κ3) is 5.91. The Morgan fingerprint density at radius 2 is 1.68 bits per heavy atom. The molecule has 0 spiro atoms. The maximum Gasteiger partial charge on any atom is 0.411 e. The summed E-state index contributed by atoms with van der Waals surface area (Å²) in [5.41, 5.74) is 1.42. The first-order chi connectivity index (χ1) is 14.3. The highest BCUT2D eigenvalue weighted by Gasteiger charge is 2.55. The number of fused-ring (bicyclic) bond motifs is 2. The summed E-state index contributed by atoms with van der Waals surface area (Å²) in [7, 11) is -5.98. The number of hydrogen-bond donors (Lipinski definition) is 0. The van der Waals surface area contributed by atoms with Crippen LogP contribution in [0.1, 0.15) is 38.7 Å². The predicted octanol–water partition coefficient (Wildman–Crippen LogP) is 5.64. The van der Waals surface area contributed by atoms with Crippen molar-refractivity contribution in [3.05, 3.63) is 29.8 Å². The normalized spacial score (nSPS) is 27.1. The van der Waals surface area contributed by atoms with Crippen LogP contribution < -0.4 is 5.19 Å². The molecule has 3 aliphatic rings. The van der Waals surface area contributed by atoms with Crippen LogP contribution >= 0.6 is 0 Å². The van der Waals surface area contributed by atoms with E-state index in [1.807, 2.05) is 0 Å². The molecule has 3 aliphatic carbocycles. The topological polar surface area (TPSA) is 27.7 Å². The van der Waals surface area contributed by atoms with Crippen molar-refractivity contribution < 1.29 is 12.3 Å². The predicted molar refractivity (Wildman–Crippen MR) is 138 cm³/mol. The van der Waals surface area contributed by atoms with Crippen molar-refractivity contribution in [2.24, 2.45) is 23.2 Å². The summed E-state index contributed by atoms with van der Waals surface area (Å²) < 4.78 is 19.4. The molecule has 0 N–H and O–H groups in total. The van der Waals surface area contributed by atoms with E-state index in [4.69, 9.17) is 18.8 Å². The second kappa shape index (κ2) is 9.05. The number of terminal acetylenes is 1. The highest BCUT2D eigenvalue weighted by molar-refractivity contribution is 6.89. The third-order valence-corrected chi connectivity index (χ3v) is 19.1. The summed E-state index contributed by atoms with van der Waals surface area (Å²) in [5, 5.41) is 1.33. The summed E-state index contributed by atoms with van der Waals surface area (Å²) in [6.07, 6.45) is 9.72. The second-order valence-electron chi connectivity index (χ2n) is 11.8. The van der Waals surface area contributed by atoms with E-state index in [0.717, 1.165) is 29.4 Å². The molecule has 3 saturated carbocycles. The summed E-state index contributed by atoms with van der Waals surface area (Å²) >= 11 is 0. The van der Waals surface area contributed by atoms with Gasteiger partial charge in [-0.1, -0.05) is 38.3 Å². The Hall–Kier alpha value is -0.472. The highest BCUT2D eigenvalue weighted by atomic mass is 28.5. The summed E-state index contributed by atoms with van der Waals surface area (Å²) in [6.45, 7) is 18.3. The van der Waals surface area contributed by atoms with Crippen molar-refractivity contribution in [2.45, 2.75) is 78.4 Å². The third-order valence-electron chi connectivity index (χ3n) is 7.42. The first-order valence-corrected chi connectivity index (χ1v) is 21.3. The lowest BCUT2D eigenvalue weighted by atomic mass is 9.46. The lowest BCUT2D eigenvalue weighted by Crippen LogP contribution is -2.57. The van der Waals surface area contributed by atoms with Crippen molar-refractivity contribution >= 4 is 40.4 Å². The molecule has 1 aromatic carbocycles. The van der Waals surface area contributed by atoms with Crippen LogP contribution in [0, 0.1) is 35.5 Å². The largest absolute Gasteiger partial charge is 0.437 e. The molecule has 170 valence electrons. The van der Waals surface area contributed by atoms with Gasteiger partial charge in [-0.05, 0) is 98.7 Å². The van der Waals surface area contributed by atoms with Gasteiger partial charge in [0.05, 0.1) is 0 Å². The Kier molecular flexibility index (Phi) is 7.34. The second-order valence-corrected chi connectivity index (χ2v) is 24.8. The Morgan fingerprint density at radius 1 is 1.03 bits per heavy atom. The molecule has 4 atom stereocenters. The van der Waals surface area contributed by atoms with Crippen LogP contribution in [0.4, 0.5) is 0 Å². The fourth-order valence-electron chi connectivity index (χ4n) is 5.82. The molecule has 7 heteroatoms. The van der Waals surface area contributed by atoms with Gasteiger partial charge in [0.2, 0.25) is 8.32 Å². The molecular formula is C24H40O3Si4. The van der Waals surface area contributed by atoms with E-state index in [1.54, 1.807) is 0 Å². The first-order valence-electron chi connectivity index (χ1n) is 11.6. The van der Waals surface area contributed by atoms with Gasteiger partial charge in [-0.3, -0.25) is 0 Å². The van der Waals surface area contributed by atoms with Crippen LogP contribution in [0.25, 0.3) is 0 Å². The van der Waals surface area contributed by atoms with Gasteiger partial charge in [0.25, 0.3) is 0 Å². The molecule has 2 radical (unpaired) electrons. The van der Waals surface area contributed by atoms with Crippen molar-refractivity contribution in [1.29, 1.82) is 0 Å². The van der Waals surface area contributed by atoms with E-state index in [1.165, 1.54) is 24.4 Å². The Labute approximate surface area is 196 Å². The minimum absolute atomic E-state index is 0.0363. The quantitative estimate of drug-likeness (QED) is 0.332. The van der Waals surface area contributed by atoms with E-state index in [-0.39, 0.29) is 10.0 Å². The van der Waals surface area contributed by atoms with E-state index in [2.05, 4.69) is 83.3 Å².